The number of anilines is 1. The molecule has 1 saturated heterocycles. The maximum absolute atomic E-state index is 12.6. The van der Waals surface area contributed by atoms with Crippen LogP contribution in [0.2, 0.25) is 0 Å². The summed E-state index contributed by atoms with van der Waals surface area (Å²) in [6.07, 6.45) is 3.73. The van der Waals surface area contributed by atoms with Crippen LogP contribution in [0.25, 0.3) is 11.0 Å². The zero-order chi connectivity index (χ0) is 22.6. The molecule has 0 radical (unpaired) electrons. The number of benzene rings is 1. The fraction of sp³-hybridized carbons (Fsp3) is 0.480. The fourth-order valence-corrected chi connectivity index (χ4v) is 5.33. The van der Waals surface area contributed by atoms with Gasteiger partial charge in [-0.05, 0) is 81.4 Å². The highest BCUT2D eigenvalue weighted by Gasteiger charge is 2.44. The van der Waals surface area contributed by atoms with Crippen molar-refractivity contribution in [2.75, 3.05) is 32.1 Å². The Balaban J connectivity index is 1.40. The van der Waals surface area contributed by atoms with Crippen molar-refractivity contribution in [3.8, 4) is 0 Å². The number of fused-ring (bicyclic) bond motifs is 3. The third-order valence-electron chi connectivity index (χ3n) is 7.43. The summed E-state index contributed by atoms with van der Waals surface area (Å²) >= 11 is 0. The molecule has 1 aromatic carbocycles. The molecule has 0 saturated carbocycles. The van der Waals surface area contributed by atoms with Gasteiger partial charge in [0.2, 0.25) is 5.95 Å². The highest BCUT2D eigenvalue weighted by molar-refractivity contribution is 5.81. The smallest absolute Gasteiger partial charge is 0.336 e. The Morgan fingerprint density at radius 2 is 1.81 bits per heavy atom. The molecule has 0 unspecified atom stereocenters. The lowest BCUT2D eigenvalue weighted by Gasteiger charge is -2.39. The first-order valence-corrected chi connectivity index (χ1v) is 11.3. The molecule has 7 nitrogen and oxygen atoms in total. The molecule has 1 aliphatic carbocycles. The topological polar surface area (TPSA) is 82.4 Å². The zero-order valence-electron chi connectivity index (χ0n) is 19.2. The molecule has 1 aliphatic heterocycles. The van der Waals surface area contributed by atoms with Crippen LogP contribution >= 0.6 is 0 Å². The van der Waals surface area contributed by atoms with Gasteiger partial charge < -0.3 is 9.32 Å². The van der Waals surface area contributed by atoms with Crippen LogP contribution in [0.1, 0.15) is 47.2 Å². The minimum absolute atomic E-state index is 0.00569. The van der Waals surface area contributed by atoms with Gasteiger partial charge in [0.1, 0.15) is 5.58 Å². The molecule has 2 aromatic heterocycles. The molecule has 3 aromatic rings. The number of likely N-dealkylation sites (tertiary alicyclic amines) is 1. The number of piperidine rings is 1. The van der Waals surface area contributed by atoms with Crippen LogP contribution in [-0.2, 0) is 18.4 Å². The molecule has 1 N–H and O–H groups in total. The van der Waals surface area contributed by atoms with Crippen molar-refractivity contribution >= 4 is 16.9 Å². The normalized spacial score (nSPS) is 17.8. The number of hydrogen-bond donors (Lipinski definition) is 1. The van der Waals surface area contributed by atoms with Crippen LogP contribution in [-0.4, -0.2) is 42.1 Å². The molecule has 1 spiro atoms. The third-order valence-corrected chi connectivity index (χ3v) is 7.43. The quantitative estimate of drug-likeness (QED) is 0.638. The lowest BCUT2D eigenvalue weighted by molar-refractivity contribution is 0.150. The average Bonchev–Trinajstić information content (AvgIpc) is 3.10. The Kier molecular flexibility index (Phi) is 4.97. The summed E-state index contributed by atoms with van der Waals surface area (Å²) in [5, 5.41) is 1.02. The predicted molar refractivity (Wildman–Crippen MR) is 126 cm³/mol. The minimum Gasteiger partial charge on any atom is -0.423 e. The fourth-order valence-electron chi connectivity index (χ4n) is 5.33. The summed E-state index contributed by atoms with van der Waals surface area (Å²) in [6, 6.07) is 5.72. The Morgan fingerprint density at radius 3 is 2.53 bits per heavy atom. The highest BCUT2D eigenvalue weighted by Crippen LogP contribution is 2.44. The van der Waals surface area contributed by atoms with E-state index in [-0.39, 0.29) is 16.6 Å². The number of hydrogen-bond acceptors (Lipinski definition) is 6. The average molecular weight is 435 g/mol. The number of nitrogens with one attached hydrogen (secondary N) is 1. The lowest BCUT2D eigenvalue weighted by atomic mass is 9.76. The molecule has 0 amide bonds. The molecular weight excluding hydrogens is 404 g/mol. The van der Waals surface area contributed by atoms with Crippen molar-refractivity contribution in [3.05, 3.63) is 66.9 Å². The van der Waals surface area contributed by atoms with Crippen LogP contribution in [0.3, 0.4) is 0 Å². The molecular formula is C25H30N4O3. The maximum Gasteiger partial charge on any atom is 0.336 e. The number of rotatable bonds is 3. The summed E-state index contributed by atoms with van der Waals surface area (Å²) in [6.45, 7) is 6.67. The van der Waals surface area contributed by atoms with E-state index in [1.807, 2.05) is 32.0 Å². The van der Waals surface area contributed by atoms with Gasteiger partial charge in [-0.15, -0.1) is 0 Å². The second-order valence-electron chi connectivity index (χ2n) is 9.69. The molecule has 3 heterocycles. The van der Waals surface area contributed by atoms with Crippen molar-refractivity contribution in [1.29, 1.82) is 0 Å². The number of H-pyrrole nitrogens is 1. The number of aryl methyl sites for hydroxylation is 2. The summed E-state index contributed by atoms with van der Waals surface area (Å²) in [5.74, 6) is 0.630. The Hall–Kier alpha value is -2.93. The molecule has 7 heteroatoms. The first kappa shape index (κ1) is 20.9. The monoisotopic (exact) mass is 434 g/mol. The van der Waals surface area contributed by atoms with E-state index in [1.54, 1.807) is 6.07 Å². The largest absolute Gasteiger partial charge is 0.423 e. The van der Waals surface area contributed by atoms with Crippen LogP contribution in [0, 0.1) is 13.8 Å². The van der Waals surface area contributed by atoms with E-state index < -0.39 is 0 Å². The van der Waals surface area contributed by atoms with Crippen LogP contribution in [0.5, 0.6) is 0 Å². The second-order valence-corrected chi connectivity index (χ2v) is 9.69. The number of aromatic amines is 1. The first-order chi connectivity index (χ1) is 15.3. The maximum atomic E-state index is 12.6. The van der Waals surface area contributed by atoms with Gasteiger partial charge in [-0.3, -0.25) is 14.7 Å². The molecule has 0 bridgehead atoms. The van der Waals surface area contributed by atoms with Crippen molar-refractivity contribution < 1.29 is 4.42 Å². The van der Waals surface area contributed by atoms with Crippen molar-refractivity contribution in [2.24, 2.45) is 0 Å². The van der Waals surface area contributed by atoms with Gasteiger partial charge >= 0.3 is 5.63 Å². The van der Waals surface area contributed by atoms with Gasteiger partial charge in [-0.1, -0.05) is 0 Å². The van der Waals surface area contributed by atoms with Crippen LogP contribution < -0.4 is 16.1 Å². The number of nitrogens with zero attached hydrogens (tertiary/aromatic N) is 3. The van der Waals surface area contributed by atoms with Gasteiger partial charge in [-0.25, -0.2) is 9.78 Å². The summed E-state index contributed by atoms with van der Waals surface area (Å²) < 4.78 is 5.47. The van der Waals surface area contributed by atoms with Crippen LogP contribution in [0.4, 0.5) is 5.95 Å². The Bertz CT molecular complexity index is 1310. The zero-order valence-corrected chi connectivity index (χ0v) is 19.2. The third kappa shape index (κ3) is 3.45. The molecule has 32 heavy (non-hydrogen) atoms. The van der Waals surface area contributed by atoms with Crippen molar-refractivity contribution in [1.82, 2.24) is 14.9 Å². The Labute approximate surface area is 187 Å². The highest BCUT2D eigenvalue weighted by atomic mass is 16.4. The predicted octanol–water partition coefficient (Wildman–Crippen LogP) is 3.04. The van der Waals surface area contributed by atoms with E-state index in [0.29, 0.717) is 11.5 Å². The first-order valence-electron chi connectivity index (χ1n) is 11.3. The van der Waals surface area contributed by atoms with Crippen molar-refractivity contribution in [2.45, 2.75) is 51.5 Å². The van der Waals surface area contributed by atoms with E-state index in [0.717, 1.165) is 73.1 Å². The van der Waals surface area contributed by atoms with E-state index >= 15 is 0 Å². The second kappa shape index (κ2) is 7.59. The van der Waals surface area contributed by atoms with E-state index in [2.05, 4.69) is 22.9 Å². The number of aromatic nitrogens is 2. The van der Waals surface area contributed by atoms with Gasteiger partial charge in [-0.2, -0.15) is 0 Å². The molecule has 0 atom stereocenters. The summed E-state index contributed by atoms with van der Waals surface area (Å²) in [4.78, 5) is 36.8. The minimum atomic E-state index is -0.298. The van der Waals surface area contributed by atoms with E-state index in [4.69, 9.17) is 9.40 Å². The summed E-state index contributed by atoms with van der Waals surface area (Å²) in [5.41, 5.74) is 5.55. The van der Waals surface area contributed by atoms with Gasteiger partial charge in [0.15, 0.2) is 0 Å². The molecule has 2 aliphatic rings. The molecule has 1 fully saturated rings. The standard InChI is InChI=1S/C25H30N4O3/c1-15-11-19-17(13-21(30)32-20(19)12-16(15)2)14-29-9-7-25(8-10-29)6-5-18-22(25)26-24(28(3)4)27-23(18)31/h11-13H,5-10,14H2,1-4H3,(H,26,27,31). The van der Waals surface area contributed by atoms with E-state index in [9.17, 15) is 9.59 Å². The van der Waals surface area contributed by atoms with Crippen LogP contribution in [0.15, 0.2) is 32.2 Å². The SMILES string of the molecule is Cc1cc2oc(=O)cc(CN3CCC4(CCc5c4nc(N(C)C)[nH]c5=O)CC3)c2cc1C. The molecule has 168 valence electrons. The van der Waals surface area contributed by atoms with Gasteiger partial charge in [0.05, 0.1) is 5.69 Å². The summed E-state index contributed by atoms with van der Waals surface area (Å²) in [7, 11) is 3.80. The van der Waals surface area contributed by atoms with Crippen molar-refractivity contribution in [3.63, 3.8) is 0 Å². The molecule has 5 rings (SSSR count). The van der Waals surface area contributed by atoms with Gasteiger partial charge in [0.25, 0.3) is 5.56 Å². The Morgan fingerprint density at radius 1 is 1.09 bits per heavy atom. The van der Waals surface area contributed by atoms with Gasteiger partial charge in [0, 0.05) is 43.1 Å². The van der Waals surface area contributed by atoms with E-state index in [1.165, 1.54) is 5.56 Å². The lowest BCUT2D eigenvalue weighted by Crippen LogP contribution is -2.42.